The summed E-state index contributed by atoms with van der Waals surface area (Å²) >= 11 is 0. The zero-order chi connectivity index (χ0) is 34.8. The molecule has 49 heavy (non-hydrogen) atoms. The van der Waals surface area contributed by atoms with Gasteiger partial charge in [0.15, 0.2) is 18.9 Å². The van der Waals surface area contributed by atoms with Crippen molar-refractivity contribution in [2.75, 3.05) is 79.3 Å². The lowest BCUT2D eigenvalue weighted by molar-refractivity contribution is -0.0995. The van der Waals surface area contributed by atoms with Gasteiger partial charge in [-0.15, -0.1) is 0 Å². The summed E-state index contributed by atoms with van der Waals surface area (Å²) in [6, 6.07) is 7.93. The van der Waals surface area contributed by atoms with Crippen LogP contribution in [-0.4, -0.2) is 84.4 Å². The van der Waals surface area contributed by atoms with Crippen LogP contribution in [-0.2, 0) is 37.9 Å². The molecule has 3 aliphatic rings. The van der Waals surface area contributed by atoms with Crippen molar-refractivity contribution in [3.8, 4) is 11.5 Å². The van der Waals surface area contributed by atoms with Gasteiger partial charge in [-0.2, -0.15) is 0 Å². The molecule has 2 atom stereocenters. The Morgan fingerprint density at radius 3 is 1.59 bits per heavy atom. The first-order valence-corrected chi connectivity index (χ1v) is 18.0. The molecule has 2 unspecified atom stereocenters. The molecule has 2 saturated heterocycles. The van der Waals surface area contributed by atoms with Crippen LogP contribution in [0.2, 0.25) is 0 Å². The first kappa shape index (κ1) is 39.5. The molecular formula is C38H58O11. The standard InChI is InChI=1S/C34H50O11.C4H8/c1-6-8-39-25(5)26-19-23(3)20-27(32(35)38-7-2)30(26)40-13-11-36-9-10-37-12-14-41-31-28(33-42-15-16-43-33)21-24(4)22-29(31)34-44-17-18-45-34;1-2-4-3-1/h19-22,25,32-35H,6-18H2,1-5H3;1-4H2. The molecule has 1 N–H and O–H groups in total. The summed E-state index contributed by atoms with van der Waals surface area (Å²) in [7, 11) is 0. The molecule has 5 rings (SSSR count). The molecule has 3 fully saturated rings. The van der Waals surface area contributed by atoms with E-state index < -0.39 is 18.9 Å². The summed E-state index contributed by atoms with van der Waals surface area (Å²) in [5.74, 6) is 1.22. The Hall–Kier alpha value is -2.32. The number of benzene rings is 2. The average molecular weight is 691 g/mol. The van der Waals surface area contributed by atoms with Gasteiger partial charge in [0, 0.05) is 18.8 Å². The summed E-state index contributed by atoms with van der Waals surface area (Å²) < 4.78 is 58.4. The number of rotatable bonds is 20. The molecule has 1 saturated carbocycles. The Balaban J connectivity index is 0.00000126. The van der Waals surface area contributed by atoms with Gasteiger partial charge in [-0.05, 0) is 63.9 Å². The molecule has 0 amide bonds. The van der Waals surface area contributed by atoms with E-state index in [0.29, 0.717) is 96.3 Å². The second kappa shape index (κ2) is 21.8. The van der Waals surface area contributed by atoms with E-state index in [-0.39, 0.29) is 6.10 Å². The molecule has 0 aromatic heterocycles. The molecule has 0 spiro atoms. The van der Waals surface area contributed by atoms with Gasteiger partial charge < -0.3 is 52.5 Å². The maximum Gasteiger partial charge on any atom is 0.187 e. The van der Waals surface area contributed by atoms with Crippen molar-refractivity contribution in [1.29, 1.82) is 0 Å². The van der Waals surface area contributed by atoms with Gasteiger partial charge in [-0.1, -0.05) is 38.2 Å². The van der Waals surface area contributed by atoms with Crippen molar-refractivity contribution in [3.63, 3.8) is 0 Å². The summed E-state index contributed by atoms with van der Waals surface area (Å²) in [4.78, 5) is 0. The van der Waals surface area contributed by atoms with Gasteiger partial charge in [0.1, 0.15) is 24.7 Å². The first-order valence-electron chi connectivity index (χ1n) is 18.0. The first-order chi connectivity index (χ1) is 23.9. The molecule has 2 aliphatic heterocycles. The molecule has 2 aromatic rings. The van der Waals surface area contributed by atoms with Crippen LogP contribution < -0.4 is 9.47 Å². The third kappa shape index (κ3) is 12.4. The third-order valence-corrected chi connectivity index (χ3v) is 8.25. The van der Waals surface area contributed by atoms with Gasteiger partial charge in [0.25, 0.3) is 0 Å². The number of aryl methyl sites for hydroxylation is 2. The normalized spacial score (nSPS) is 17.8. The van der Waals surface area contributed by atoms with Crippen molar-refractivity contribution >= 4 is 0 Å². The SMILES string of the molecule is C1CCC1.CCCOC(C)c1cc(C)cc(C(O)OCC)c1OCCOCCOCCOc1c(C2OCCO2)cc(C)cc1C1OCCO1. The van der Waals surface area contributed by atoms with E-state index in [9.17, 15) is 5.11 Å². The summed E-state index contributed by atoms with van der Waals surface area (Å²) in [5, 5.41) is 10.7. The maximum absolute atomic E-state index is 10.7. The van der Waals surface area contributed by atoms with Gasteiger partial charge in [0.2, 0.25) is 0 Å². The van der Waals surface area contributed by atoms with Crippen LogP contribution in [0.3, 0.4) is 0 Å². The molecule has 2 aromatic carbocycles. The van der Waals surface area contributed by atoms with Crippen molar-refractivity contribution in [1.82, 2.24) is 0 Å². The minimum absolute atomic E-state index is 0.201. The Labute approximate surface area is 292 Å². The molecule has 11 nitrogen and oxygen atoms in total. The monoisotopic (exact) mass is 690 g/mol. The molecule has 1 aliphatic carbocycles. The topological polar surface area (TPSA) is 113 Å². The summed E-state index contributed by atoms with van der Waals surface area (Å²) in [6.07, 6.45) is 4.64. The Morgan fingerprint density at radius 2 is 1.10 bits per heavy atom. The predicted octanol–water partition coefficient (Wildman–Crippen LogP) is 6.96. The van der Waals surface area contributed by atoms with Crippen molar-refractivity contribution in [2.24, 2.45) is 0 Å². The fraction of sp³-hybridized carbons (Fsp3) is 0.684. The molecular weight excluding hydrogens is 632 g/mol. The summed E-state index contributed by atoms with van der Waals surface area (Å²) in [6.45, 7) is 15.1. The zero-order valence-electron chi connectivity index (χ0n) is 30.2. The lowest BCUT2D eigenvalue weighted by atomic mass is 10.0. The molecule has 0 radical (unpaired) electrons. The lowest BCUT2D eigenvalue weighted by Gasteiger charge is -2.23. The number of hydrogen-bond donors (Lipinski definition) is 1. The highest BCUT2D eigenvalue weighted by molar-refractivity contribution is 5.47. The lowest BCUT2D eigenvalue weighted by Crippen LogP contribution is -2.17. The highest BCUT2D eigenvalue weighted by Gasteiger charge is 2.30. The van der Waals surface area contributed by atoms with Crippen LogP contribution >= 0.6 is 0 Å². The van der Waals surface area contributed by atoms with Crippen LogP contribution in [0.25, 0.3) is 0 Å². The third-order valence-electron chi connectivity index (χ3n) is 8.25. The van der Waals surface area contributed by atoms with Crippen molar-refractivity contribution in [3.05, 3.63) is 57.6 Å². The minimum Gasteiger partial charge on any atom is -0.490 e. The Kier molecular flexibility index (Phi) is 17.6. The smallest absolute Gasteiger partial charge is 0.187 e. The number of aliphatic hydroxyl groups is 1. The molecule has 0 bridgehead atoms. The van der Waals surface area contributed by atoms with Crippen LogP contribution in [0.15, 0.2) is 24.3 Å². The van der Waals surface area contributed by atoms with E-state index >= 15 is 0 Å². The van der Waals surface area contributed by atoms with E-state index in [2.05, 4.69) is 6.92 Å². The molecule has 276 valence electrons. The molecule has 11 heteroatoms. The number of ether oxygens (including phenoxy) is 10. The second-order valence-corrected chi connectivity index (χ2v) is 12.3. The van der Waals surface area contributed by atoms with Gasteiger partial charge in [-0.3, -0.25) is 0 Å². The van der Waals surface area contributed by atoms with E-state index in [4.69, 9.17) is 47.4 Å². The summed E-state index contributed by atoms with van der Waals surface area (Å²) in [5.41, 5.74) is 5.14. The number of hydrogen-bond acceptors (Lipinski definition) is 11. The van der Waals surface area contributed by atoms with Crippen LogP contribution in [0.5, 0.6) is 11.5 Å². The maximum atomic E-state index is 10.7. The fourth-order valence-electron chi connectivity index (χ4n) is 5.51. The quantitative estimate of drug-likeness (QED) is 0.115. The van der Waals surface area contributed by atoms with E-state index in [0.717, 1.165) is 34.2 Å². The van der Waals surface area contributed by atoms with Crippen molar-refractivity contribution < 1.29 is 52.5 Å². The van der Waals surface area contributed by atoms with Crippen LogP contribution in [0, 0.1) is 13.8 Å². The van der Waals surface area contributed by atoms with E-state index in [1.54, 1.807) is 0 Å². The van der Waals surface area contributed by atoms with Crippen LogP contribution in [0.1, 0.15) is 111 Å². The second-order valence-electron chi connectivity index (χ2n) is 12.3. The number of aliphatic hydroxyl groups excluding tert-OH is 1. The average Bonchev–Trinajstić information content (AvgIpc) is 3.80. The largest absolute Gasteiger partial charge is 0.490 e. The molecule has 2 heterocycles. The zero-order valence-corrected chi connectivity index (χ0v) is 30.2. The van der Waals surface area contributed by atoms with E-state index in [1.165, 1.54) is 25.7 Å². The fourth-order valence-corrected chi connectivity index (χ4v) is 5.51. The predicted molar refractivity (Wildman–Crippen MR) is 184 cm³/mol. The van der Waals surface area contributed by atoms with Gasteiger partial charge in [-0.25, -0.2) is 0 Å². The van der Waals surface area contributed by atoms with Crippen LogP contribution in [0.4, 0.5) is 0 Å². The highest BCUT2D eigenvalue weighted by atomic mass is 16.7. The highest BCUT2D eigenvalue weighted by Crippen LogP contribution is 2.40. The van der Waals surface area contributed by atoms with Crippen molar-refractivity contribution in [2.45, 2.75) is 91.7 Å². The Bertz CT molecular complexity index is 1180. The minimum atomic E-state index is -1.10. The van der Waals surface area contributed by atoms with Gasteiger partial charge >= 0.3 is 0 Å². The Morgan fingerprint density at radius 1 is 0.633 bits per heavy atom. The van der Waals surface area contributed by atoms with E-state index in [1.807, 2.05) is 52.0 Å². The van der Waals surface area contributed by atoms with Gasteiger partial charge in [0.05, 0.1) is 75.6 Å².